The first-order valence-corrected chi connectivity index (χ1v) is 7.59. The number of hydrogen-bond acceptors (Lipinski definition) is 6. The quantitative estimate of drug-likeness (QED) is 0.935. The summed E-state index contributed by atoms with van der Waals surface area (Å²) in [6.45, 7) is 2.18. The van der Waals surface area contributed by atoms with Gasteiger partial charge >= 0.3 is 0 Å². The van der Waals surface area contributed by atoms with Gasteiger partial charge in [-0.25, -0.2) is 4.98 Å². The molecule has 2 aliphatic rings. The van der Waals surface area contributed by atoms with Crippen LogP contribution in [0.3, 0.4) is 0 Å². The van der Waals surface area contributed by atoms with Crippen LogP contribution in [0.2, 0.25) is 0 Å². The molecule has 0 atom stereocenters. The molecule has 1 aliphatic heterocycles. The van der Waals surface area contributed by atoms with E-state index in [4.69, 9.17) is 10.3 Å². The molecule has 2 N–H and O–H groups in total. The predicted octanol–water partition coefficient (Wildman–Crippen LogP) is 2.49. The predicted molar refractivity (Wildman–Crippen MR) is 85.9 cm³/mol. The molecule has 0 amide bonds. The van der Waals surface area contributed by atoms with Gasteiger partial charge in [0.15, 0.2) is 5.82 Å². The summed E-state index contributed by atoms with van der Waals surface area (Å²) in [5.74, 6) is 2.14. The zero-order valence-electron chi connectivity index (χ0n) is 12.4. The fourth-order valence-electron chi connectivity index (χ4n) is 2.97. The number of rotatable bonds is 3. The Kier molecular flexibility index (Phi) is 4.06. The second kappa shape index (κ2) is 5.85. The Labute approximate surface area is 135 Å². The maximum Gasteiger partial charge on any atom is 0.259 e. The minimum Gasteiger partial charge on any atom is -0.357 e. The van der Waals surface area contributed by atoms with E-state index in [1.807, 2.05) is 12.1 Å². The van der Waals surface area contributed by atoms with Crippen LogP contribution in [0.1, 0.15) is 37.9 Å². The first kappa shape index (κ1) is 15.2. The van der Waals surface area contributed by atoms with E-state index in [0.29, 0.717) is 11.7 Å². The van der Waals surface area contributed by atoms with Crippen molar-refractivity contribution in [1.82, 2.24) is 15.1 Å². The summed E-state index contributed by atoms with van der Waals surface area (Å²) in [6, 6.07) is 4.01. The minimum absolute atomic E-state index is 0. The highest BCUT2D eigenvalue weighted by Crippen LogP contribution is 2.37. The largest absolute Gasteiger partial charge is 0.357 e. The molecule has 1 aliphatic carbocycles. The Hall–Kier alpha value is -1.66. The third-order valence-corrected chi connectivity index (χ3v) is 4.54. The number of pyridine rings is 1. The summed E-state index contributed by atoms with van der Waals surface area (Å²) in [7, 11) is 0. The lowest BCUT2D eigenvalue weighted by atomic mass is 9.77. The smallest absolute Gasteiger partial charge is 0.259 e. The molecular weight excluding hydrogens is 302 g/mol. The minimum atomic E-state index is -0.384. The van der Waals surface area contributed by atoms with Crippen molar-refractivity contribution in [3.8, 4) is 11.5 Å². The van der Waals surface area contributed by atoms with Gasteiger partial charge in [0.05, 0.1) is 11.1 Å². The summed E-state index contributed by atoms with van der Waals surface area (Å²) in [5.41, 5.74) is 6.68. The molecule has 1 saturated heterocycles. The van der Waals surface area contributed by atoms with Gasteiger partial charge in [0.1, 0.15) is 5.82 Å². The van der Waals surface area contributed by atoms with Crippen LogP contribution >= 0.6 is 12.4 Å². The van der Waals surface area contributed by atoms with E-state index < -0.39 is 0 Å². The summed E-state index contributed by atoms with van der Waals surface area (Å²) in [6.07, 6.45) is 7.28. The van der Waals surface area contributed by atoms with Crippen LogP contribution < -0.4 is 10.6 Å². The molecule has 118 valence electrons. The van der Waals surface area contributed by atoms with Gasteiger partial charge in [0, 0.05) is 19.3 Å². The number of aromatic nitrogens is 3. The number of nitrogens with two attached hydrogens (primary N) is 1. The van der Waals surface area contributed by atoms with Crippen molar-refractivity contribution >= 4 is 18.2 Å². The van der Waals surface area contributed by atoms with Crippen LogP contribution in [0.5, 0.6) is 0 Å². The Morgan fingerprint density at radius 1 is 1.14 bits per heavy atom. The van der Waals surface area contributed by atoms with Gasteiger partial charge in [-0.15, -0.1) is 12.4 Å². The molecule has 3 heterocycles. The van der Waals surface area contributed by atoms with Gasteiger partial charge in [-0.1, -0.05) is 5.16 Å². The molecule has 0 bridgehead atoms. The van der Waals surface area contributed by atoms with Crippen LogP contribution in [-0.4, -0.2) is 28.2 Å². The van der Waals surface area contributed by atoms with Crippen LogP contribution in [0.4, 0.5) is 5.82 Å². The van der Waals surface area contributed by atoms with Crippen molar-refractivity contribution in [2.75, 3.05) is 18.0 Å². The van der Waals surface area contributed by atoms with E-state index in [1.165, 1.54) is 12.8 Å². The van der Waals surface area contributed by atoms with E-state index in [2.05, 4.69) is 20.0 Å². The summed E-state index contributed by atoms with van der Waals surface area (Å²) in [5, 5.41) is 4.04. The van der Waals surface area contributed by atoms with E-state index in [9.17, 15) is 0 Å². The molecule has 0 radical (unpaired) electrons. The van der Waals surface area contributed by atoms with Crippen molar-refractivity contribution < 1.29 is 4.52 Å². The standard InChI is InChI=1S/C15H19N5O.ClH/c16-15(6-3-7-15)14-18-13(21-19-14)11-4-5-12(17-10-11)20-8-1-2-9-20;/h4-5,10H,1-3,6-9,16H2;1H. The van der Waals surface area contributed by atoms with Crippen molar-refractivity contribution in [3.05, 3.63) is 24.2 Å². The summed E-state index contributed by atoms with van der Waals surface area (Å²) >= 11 is 0. The van der Waals surface area contributed by atoms with Gasteiger partial charge in [0.25, 0.3) is 5.89 Å². The number of hydrogen-bond donors (Lipinski definition) is 1. The third kappa shape index (κ3) is 2.57. The topological polar surface area (TPSA) is 81.1 Å². The third-order valence-electron chi connectivity index (χ3n) is 4.54. The first-order valence-electron chi connectivity index (χ1n) is 7.59. The van der Waals surface area contributed by atoms with E-state index in [0.717, 1.165) is 43.7 Å². The Balaban J connectivity index is 0.00000144. The molecule has 4 rings (SSSR count). The van der Waals surface area contributed by atoms with Gasteiger partial charge in [-0.3, -0.25) is 0 Å². The van der Waals surface area contributed by atoms with E-state index in [-0.39, 0.29) is 17.9 Å². The maximum absolute atomic E-state index is 6.22. The molecule has 0 aromatic carbocycles. The van der Waals surface area contributed by atoms with E-state index >= 15 is 0 Å². The average molecular weight is 322 g/mol. The van der Waals surface area contributed by atoms with Crippen molar-refractivity contribution in [1.29, 1.82) is 0 Å². The summed E-state index contributed by atoms with van der Waals surface area (Å²) < 4.78 is 5.34. The lowest BCUT2D eigenvalue weighted by Gasteiger charge is -2.34. The van der Waals surface area contributed by atoms with Crippen LogP contribution in [0.25, 0.3) is 11.5 Å². The van der Waals surface area contributed by atoms with Crippen molar-refractivity contribution in [2.45, 2.75) is 37.6 Å². The van der Waals surface area contributed by atoms with Gasteiger partial charge in [-0.2, -0.15) is 4.98 Å². The lowest BCUT2D eigenvalue weighted by molar-refractivity contribution is 0.229. The normalized spacial score (nSPS) is 19.6. The number of nitrogens with zero attached hydrogens (tertiary/aromatic N) is 4. The second-order valence-electron chi connectivity index (χ2n) is 6.03. The second-order valence-corrected chi connectivity index (χ2v) is 6.03. The molecule has 0 unspecified atom stereocenters. The molecular formula is C15H20ClN5O. The molecule has 22 heavy (non-hydrogen) atoms. The molecule has 2 fully saturated rings. The molecule has 2 aromatic rings. The SMILES string of the molecule is Cl.NC1(c2noc(-c3ccc(N4CCCC4)nc3)n2)CCC1. The molecule has 2 aromatic heterocycles. The highest BCUT2D eigenvalue weighted by Gasteiger charge is 2.39. The first-order chi connectivity index (χ1) is 10.2. The molecule has 6 nitrogen and oxygen atoms in total. The Morgan fingerprint density at radius 3 is 2.50 bits per heavy atom. The van der Waals surface area contributed by atoms with Crippen LogP contribution in [0, 0.1) is 0 Å². The zero-order valence-corrected chi connectivity index (χ0v) is 13.2. The monoisotopic (exact) mass is 321 g/mol. The zero-order chi connectivity index (χ0) is 14.3. The number of halogens is 1. The highest BCUT2D eigenvalue weighted by molar-refractivity contribution is 5.85. The highest BCUT2D eigenvalue weighted by atomic mass is 35.5. The Bertz CT molecular complexity index is 632. The Morgan fingerprint density at radius 2 is 1.91 bits per heavy atom. The van der Waals surface area contributed by atoms with E-state index in [1.54, 1.807) is 6.20 Å². The van der Waals surface area contributed by atoms with Crippen LogP contribution in [0.15, 0.2) is 22.9 Å². The van der Waals surface area contributed by atoms with Gasteiger partial charge in [0.2, 0.25) is 0 Å². The molecule has 7 heteroatoms. The summed E-state index contributed by atoms with van der Waals surface area (Å²) in [4.78, 5) is 11.3. The fraction of sp³-hybridized carbons (Fsp3) is 0.533. The molecule has 1 saturated carbocycles. The van der Waals surface area contributed by atoms with Crippen molar-refractivity contribution in [3.63, 3.8) is 0 Å². The molecule has 0 spiro atoms. The fourth-order valence-corrected chi connectivity index (χ4v) is 2.97. The van der Waals surface area contributed by atoms with Gasteiger partial charge in [-0.05, 0) is 44.2 Å². The lowest BCUT2D eigenvalue weighted by Crippen LogP contribution is -2.44. The average Bonchev–Trinajstić information content (AvgIpc) is 3.16. The van der Waals surface area contributed by atoms with Crippen LogP contribution in [-0.2, 0) is 5.54 Å². The van der Waals surface area contributed by atoms with Crippen molar-refractivity contribution in [2.24, 2.45) is 5.73 Å². The maximum atomic E-state index is 6.22. The number of anilines is 1. The van der Waals surface area contributed by atoms with Gasteiger partial charge < -0.3 is 15.2 Å².